The van der Waals surface area contributed by atoms with Gasteiger partial charge in [-0.1, -0.05) is 13.8 Å². The Morgan fingerprint density at radius 1 is 1.44 bits per heavy atom. The van der Waals surface area contributed by atoms with E-state index in [0.29, 0.717) is 17.6 Å². The van der Waals surface area contributed by atoms with E-state index in [1.807, 2.05) is 0 Å². The average molecular weight is 227 g/mol. The summed E-state index contributed by atoms with van der Waals surface area (Å²) in [7, 11) is 3.78. The number of carbonyl (C=O) groups is 1. The van der Waals surface area contributed by atoms with Crippen molar-refractivity contribution < 1.29 is 9.53 Å². The van der Waals surface area contributed by atoms with Gasteiger partial charge in [-0.15, -0.1) is 0 Å². The van der Waals surface area contributed by atoms with Crippen molar-refractivity contribution in [2.45, 2.75) is 26.7 Å². The van der Waals surface area contributed by atoms with Crippen LogP contribution in [0, 0.1) is 17.8 Å². The lowest BCUT2D eigenvalue weighted by molar-refractivity contribution is -0.128. The van der Waals surface area contributed by atoms with E-state index in [0.717, 1.165) is 26.1 Å². The van der Waals surface area contributed by atoms with Crippen molar-refractivity contribution in [3.8, 4) is 0 Å². The van der Waals surface area contributed by atoms with Crippen LogP contribution in [0.4, 0.5) is 0 Å². The highest BCUT2D eigenvalue weighted by molar-refractivity contribution is 5.82. The van der Waals surface area contributed by atoms with Crippen molar-refractivity contribution in [3.63, 3.8) is 0 Å². The summed E-state index contributed by atoms with van der Waals surface area (Å²) in [6.07, 6.45) is 1.96. The van der Waals surface area contributed by atoms with Gasteiger partial charge in [-0.25, -0.2) is 0 Å². The van der Waals surface area contributed by atoms with Crippen molar-refractivity contribution in [1.29, 1.82) is 0 Å². The van der Waals surface area contributed by atoms with E-state index in [4.69, 9.17) is 4.74 Å². The van der Waals surface area contributed by atoms with Gasteiger partial charge in [-0.3, -0.25) is 4.79 Å². The molecule has 0 amide bonds. The van der Waals surface area contributed by atoms with Crippen molar-refractivity contribution >= 4 is 5.78 Å². The van der Waals surface area contributed by atoms with Crippen LogP contribution in [0.15, 0.2) is 0 Å². The van der Waals surface area contributed by atoms with Gasteiger partial charge in [0.1, 0.15) is 5.78 Å². The third kappa shape index (κ3) is 3.87. The largest absolute Gasteiger partial charge is 0.383 e. The molecule has 0 heterocycles. The van der Waals surface area contributed by atoms with Gasteiger partial charge in [0.05, 0.1) is 6.61 Å². The summed E-state index contributed by atoms with van der Waals surface area (Å²) in [5.74, 6) is 1.79. The first kappa shape index (κ1) is 13.7. The average Bonchev–Trinajstić information content (AvgIpc) is 2.20. The Kier molecular flexibility index (Phi) is 5.42. The van der Waals surface area contributed by atoms with Crippen LogP contribution < -0.4 is 0 Å². The Balaban J connectivity index is 2.42. The van der Waals surface area contributed by atoms with Crippen LogP contribution in [0.5, 0.6) is 0 Å². The van der Waals surface area contributed by atoms with Gasteiger partial charge < -0.3 is 9.64 Å². The third-order valence-corrected chi connectivity index (χ3v) is 3.61. The second kappa shape index (κ2) is 6.36. The van der Waals surface area contributed by atoms with Crippen LogP contribution in [0.25, 0.3) is 0 Å². The number of ketones is 1. The Hall–Kier alpha value is -0.410. The zero-order valence-electron chi connectivity index (χ0n) is 11.0. The second-order valence-electron chi connectivity index (χ2n) is 5.35. The van der Waals surface area contributed by atoms with E-state index in [-0.39, 0.29) is 5.92 Å². The molecule has 0 aromatic rings. The zero-order chi connectivity index (χ0) is 12.1. The smallest absolute Gasteiger partial charge is 0.137 e. The predicted molar refractivity (Wildman–Crippen MR) is 65.4 cm³/mol. The number of nitrogens with zero attached hydrogens (tertiary/aromatic N) is 1. The molecule has 16 heavy (non-hydrogen) atoms. The minimum absolute atomic E-state index is 0.234. The quantitative estimate of drug-likeness (QED) is 0.717. The summed E-state index contributed by atoms with van der Waals surface area (Å²) in [6, 6.07) is 0. The highest BCUT2D eigenvalue weighted by atomic mass is 16.5. The Morgan fingerprint density at radius 2 is 2.12 bits per heavy atom. The Labute approximate surface area is 99.1 Å². The number of hydrogen-bond acceptors (Lipinski definition) is 3. The number of likely N-dealkylation sites (N-methyl/N-ethyl adjacent to an activating group) is 1. The fraction of sp³-hybridized carbons (Fsp3) is 0.923. The fourth-order valence-electron chi connectivity index (χ4n) is 2.65. The lowest BCUT2D eigenvalue weighted by Gasteiger charge is -2.33. The van der Waals surface area contributed by atoms with Crippen LogP contribution in [0.1, 0.15) is 26.7 Å². The summed E-state index contributed by atoms with van der Waals surface area (Å²) in [5.41, 5.74) is 0. The summed E-state index contributed by atoms with van der Waals surface area (Å²) in [5, 5.41) is 0. The summed E-state index contributed by atoms with van der Waals surface area (Å²) >= 11 is 0. The maximum atomic E-state index is 12.0. The molecule has 0 spiro atoms. The van der Waals surface area contributed by atoms with Crippen LogP contribution in [-0.4, -0.2) is 44.5 Å². The molecule has 0 N–H and O–H groups in total. The van der Waals surface area contributed by atoms with E-state index in [1.165, 1.54) is 6.42 Å². The first-order chi connectivity index (χ1) is 7.54. The molecule has 0 saturated heterocycles. The number of hydrogen-bond donors (Lipinski definition) is 0. The molecule has 0 aromatic carbocycles. The first-order valence-corrected chi connectivity index (χ1v) is 6.24. The lowest BCUT2D eigenvalue weighted by atomic mass is 9.74. The SMILES string of the molecule is COCCN(C)CC1C(=O)CC(C)CC1C. The highest BCUT2D eigenvalue weighted by Gasteiger charge is 2.32. The predicted octanol–water partition coefficient (Wildman–Crippen LogP) is 1.82. The van der Waals surface area contributed by atoms with Crippen molar-refractivity contribution in [2.75, 3.05) is 33.9 Å². The van der Waals surface area contributed by atoms with Gasteiger partial charge >= 0.3 is 0 Å². The Bertz CT molecular complexity index is 230. The first-order valence-electron chi connectivity index (χ1n) is 6.24. The maximum Gasteiger partial charge on any atom is 0.137 e. The van der Waals surface area contributed by atoms with Crippen molar-refractivity contribution in [3.05, 3.63) is 0 Å². The molecule has 0 radical (unpaired) electrons. The van der Waals surface area contributed by atoms with Gasteiger partial charge in [0, 0.05) is 32.5 Å². The van der Waals surface area contributed by atoms with E-state index < -0.39 is 0 Å². The molecule has 0 bridgehead atoms. The summed E-state index contributed by atoms with van der Waals surface area (Å²) < 4.78 is 5.05. The van der Waals surface area contributed by atoms with Crippen LogP contribution in [-0.2, 0) is 9.53 Å². The molecule has 0 aliphatic heterocycles. The molecule has 1 saturated carbocycles. The van der Waals surface area contributed by atoms with Gasteiger partial charge in [0.15, 0.2) is 0 Å². The maximum absolute atomic E-state index is 12.0. The van der Waals surface area contributed by atoms with Crippen LogP contribution in [0.2, 0.25) is 0 Å². The monoisotopic (exact) mass is 227 g/mol. The standard InChI is InChI=1S/C13H25NO2/c1-10-7-11(2)12(13(15)8-10)9-14(3)5-6-16-4/h10-12H,5-9H2,1-4H3. The van der Waals surface area contributed by atoms with E-state index >= 15 is 0 Å². The molecule has 1 rings (SSSR count). The highest BCUT2D eigenvalue weighted by Crippen LogP contribution is 2.31. The van der Waals surface area contributed by atoms with Crippen molar-refractivity contribution in [1.82, 2.24) is 4.90 Å². The number of methoxy groups -OCH3 is 1. The lowest BCUT2D eigenvalue weighted by Crippen LogP contribution is -2.39. The summed E-state index contributed by atoms with van der Waals surface area (Å²) in [6.45, 7) is 6.92. The molecular formula is C13H25NO2. The molecule has 1 aliphatic rings. The topological polar surface area (TPSA) is 29.5 Å². The molecule has 1 fully saturated rings. The molecule has 94 valence electrons. The summed E-state index contributed by atoms with van der Waals surface area (Å²) in [4.78, 5) is 14.2. The Morgan fingerprint density at radius 3 is 2.69 bits per heavy atom. The molecule has 3 nitrogen and oxygen atoms in total. The number of ether oxygens (including phenoxy) is 1. The van der Waals surface area contributed by atoms with Crippen LogP contribution >= 0.6 is 0 Å². The molecule has 1 aliphatic carbocycles. The molecule has 0 aromatic heterocycles. The zero-order valence-corrected chi connectivity index (χ0v) is 11.0. The molecular weight excluding hydrogens is 202 g/mol. The second-order valence-corrected chi connectivity index (χ2v) is 5.35. The molecule has 3 heteroatoms. The van der Waals surface area contributed by atoms with Gasteiger partial charge in [-0.2, -0.15) is 0 Å². The minimum Gasteiger partial charge on any atom is -0.383 e. The van der Waals surface area contributed by atoms with E-state index in [9.17, 15) is 4.79 Å². The van der Waals surface area contributed by atoms with Crippen LogP contribution in [0.3, 0.4) is 0 Å². The minimum atomic E-state index is 0.234. The molecule has 3 atom stereocenters. The van der Waals surface area contributed by atoms with E-state index in [1.54, 1.807) is 7.11 Å². The third-order valence-electron chi connectivity index (χ3n) is 3.61. The number of carbonyl (C=O) groups excluding carboxylic acids is 1. The molecule has 3 unspecified atom stereocenters. The fourth-order valence-corrected chi connectivity index (χ4v) is 2.65. The number of rotatable bonds is 5. The van der Waals surface area contributed by atoms with Gasteiger partial charge in [0.25, 0.3) is 0 Å². The normalized spacial score (nSPS) is 31.1. The van der Waals surface area contributed by atoms with Gasteiger partial charge in [-0.05, 0) is 25.3 Å². The number of Topliss-reactive ketones (excluding diaryl/α,β-unsaturated/α-hetero) is 1. The van der Waals surface area contributed by atoms with E-state index in [2.05, 4.69) is 25.8 Å². The van der Waals surface area contributed by atoms with Crippen molar-refractivity contribution in [2.24, 2.45) is 17.8 Å². The van der Waals surface area contributed by atoms with Gasteiger partial charge in [0.2, 0.25) is 0 Å².